The Bertz CT molecular complexity index is 1050. The Morgan fingerprint density at radius 2 is 1.83 bits per heavy atom. The second-order valence-corrected chi connectivity index (χ2v) is 8.88. The van der Waals surface area contributed by atoms with Gasteiger partial charge in [-0.25, -0.2) is 12.8 Å². The van der Waals surface area contributed by atoms with Crippen molar-refractivity contribution in [1.29, 1.82) is 0 Å². The Morgan fingerprint density at radius 1 is 1.10 bits per heavy atom. The number of benzene rings is 2. The third-order valence-electron chi connectivity index (χ3n) is 4.16. The fourth-order valence-corrected chi connectivity index (χ4v) is 4.48. The third kappa shape index (κ3) is 5.34. The first-order valence-corrected chi connectivity index (χ1v) is 10.8. The van der Waals surface area contributed by atoms with Gasteiger partial charge in [0.25, 0.3) is 0 Å². The van der Waals surface area contributed by atoms with Crippen LogP contribution in [0.15, 0.2) is 47.4 Å². The summed E-state index contributed by atoms with van der Waals surface area (Å²) >= 11 is 11.8. The Morgan fingerprint density at radius 3 is 2.52 bits per heavy atom. The highest BCUT2D eigenvalue weighted by atomic mass is 35.5. The second kappa shape index (κ2) is 9.23. The SMILES string of the molecule is O=C(C=Cc1ccc(Cl)c(Cl)c1)Nc1ccc(F)c(S(=O)(=O)N2CCOCC2)c1. The smallest absolute Gasteiger partial charge is 0.248 e. The number of halogens is 3. The van der Waals surface area contributed by atoms with Crippen molar-refractivity contribution in [1.82, 2.24) is 4.31 Å². The number of anilines is 1. The lowest BCUT2D eigenvalue weighted by molar-refractivity contribution is -0.111. The van der Waals surface area contributed by atoms with Crippen LogP contribution in [0.1, 0.15) is 5.56 Å². The maximum Gasteiger partial charge on any atom is 0.248 e. The van der Waals surface area contributed by atoms with E-state index in [4.69, 9.17) is 27.9 Å². The second-order valence-electron chi connectivity index (χ2n) is 6.16. The Labute approximate surface area is 177 Å². The molecule has 10 heteroatoms. The van der Waals surface area contributed by atoms with Crippen molar-refractivity contribution in [2.75, 3.05) is 31.6 Å². The van der Waals surface area contributed by atoms with Crippen LogP contribution in [0.2, 0.25) is 10.0 Å². The van der Waals surface area contributed by atoms with Crippen molar-refractivity contribution < 1.29 is 22.3 Å². The summed E-state index contributed by atoms with van der Waals surface area (Å²) in [5.74, 6) is -1.40. The number of morpholine rings is 1. The van der Waals surface area contributed by atoms with Crippen LogP contribution in [0.3, 0.4) is 0 Å². The summed E-state index contributed by atoms with van der Waals surface area (Å²) in [6.07, 6.45) is 2.77. The number of rotatable bonds is 5. The molecule has 2 aromatic carbocycles. The molecule has 0 radical (unpaired) electrons. The lowest BCUT2D eigenvalue weighted by Gasteiger charge is -2.26. The van der Waals surface area contributed by atoms with Gasteiger partial charge in [-0.05, 0) is 42.0 Å². The molecule has 3 rings (SSSR count). The van der Waals surface area contributed by atoms with Crippen LogP contribution >= 0.6 is 23.2 Å². The fraction of sp³-hybridized carbons (Fsp3) is 0.211. The highest BCUT2D eigenvalue weighted by Gasteiger charge is 2.29. The van der Waals surface area contributed by atoms with Crippen LogP contribution in [-0.2, 0) is 19.6 Å². The first kappa shape index (κ1) is 21.7. The first-order chi connectivity index (χ1) is 13.8. The number of nitrogens with one attached hydrogen (secondary N) is 1. The van der Waals surface area contributed by atoms with Crippen molar-refractivity contribution in [3.05, 3.63) is 63.9 Å². The molecule has 1 aliphatic rings. The maximum absolute atomic E-state index is 14.2. The largest absolute Gasteiger partial charge is 0.379 e. The molecule has 1 heterocycles. The van der Waals surface area contributed by atoms with Gasteiger partial charge in [-0.1, -0.05) is 29.3 Å². The van der Waals surface area contributed by atoms with E-state index in [-0.39, 0.29) is 32.0 Å². The molecular weight excluding hydrogens is 442 g/mol. The van der Waals surface area contributed by atoms with E-state index in [1.165, 1.54) is 18.2 Å². The molecule has 0 bridgehead atoms. The summed E-state index contributed by atoms with van der Waals surface area (Å²) < 4.78 is 45.9. The summed E-state index contributed by atoms with van der Waals surface area (Å²) in [6, 6.07) is 8.28. The van der Waals surface area contributed by atoms with Gasteiger partial charge in [-0.2, -0.15) is 4.31 Å². The van der Waals surface area contributed by atoms with Gasteiger partial charge in [0.2, 0.25) is 15.9 Å². The average Bonchev–Trinajstić information content (AvgIpc) is 2.71. The van der Waals surface area contributed by atoms with Gasteiger partial charge in [0, 0.05) is 24.9 Å². The average molecular weight is 459 g/mol. The summed E-state index contributed by atoms with van der Waals surface area (Å²) in [5, 5.41) is 3.27. The lowest BCUT2D eigenvalue weighted by atomic mass is 10.2. The van der Waals surface area contributed by atoms with E-state index in [2.05, 4.69) is 5.32 Å². The predicted octanol–water partition coefficient (Wildman–Crippen LogP) is 3.81. The number of hydrogen-bond donors (Lipinski definition) is 1. The zero-order valence-corrected chi connectivity index (χ0v) is 17.4. The van der Waals surface area contributed by atoms with Crippen molar-refractivity contribution in [3.8, 4) is 0 Å². The fourth-order valence-electron chi connectivity index (χ4n) is 2.68. The van der Waals surface area contributed by atoms with E-state index in [1.54, 1.807) is 18.2 Å². The number of nitrogens with zero attached hydrogens (tertiary/aromatic N) is 1. The summed E-state index contributed by atoms with van der Waals surface area (Å²) in [5.41, 5.74) is 0.811. The van der Waals surface area contributed by atoms with Crippen LogP contribution in [0.25, 0.3) is 6.08 Å². The zero-order chi connectivity index (χ0) is 21.0. The van der Waals surface area contributed by atoms with Gasteiger partial charge >= 0.3 is 0 Å². The van der Waals surface area contributed by atoms with Crippen LogP contribution < -0.4 is 5.32 Å². The van der Waals surface area contributed by atoms with E-state index >= 15 is 0 Å². The van der Waals surface area contributed by atoms with E-state index in [0.717, 1.165) is 16.4 Å². The van der Waals surface area contributed by atoms with Crippen LogP contribution in [0.4, 0.5) is 10.1 Å². The normalized spacial score (nSPS) is 15.6. The van der Waals surface area contributed by atoms with Gasteiger partial charge in [0.1, 0.15) is 10.7 Å². The molecule has 29 heavy (non-hydrogen) atoms. The molecule has 6 nitrogen and oxygen atoms in total. The molecule has 0 aromatic heterocycles. The Kier molecular flexibility index (Phi) is 6.92. The minimum atomic E-state index is -4.03. The van der Waals surface area contributed by atoms with E-state index in [0.29, 0.717) is 15.6 Å². The molecule has 2 aromatic rings. The van der Waals surface area contributed by atoms with E-state index < -0.39 is 26.6 Å². The molecule has 0 atom stereocenters. The standard InChI is InChI=1S/C19H17Cl2FN2O4S/c20-15-4-1-13(11-16(15)21)2-6-19(25)23-14-3-5-17(22)18(12-14)29(26,27)24-7-9-28-10-8-24/h1-6,11-12H,7-10H2,(H,23,25). The number of carbonyl (C=O) groups is 1. The minimum Gasteiger partial charge on any atom is -0.379 e. The van der Waals surface area contributed by atoms with Gasteiger partial charge in [-0.3, -0.25) is 4.79 Å². The Hall–Kier alpha value is -1.97. The van der Waals surface area contributed by atoms with Crippen molar-refractivity contribution in [2.45, 2.75) is 4.90 Å². The van der Waals surface area contributed by atoms with Gasteiger partial charge < -0.3 is 10.1 Å². The van der Waals surface area contributed by atoms with Gasteiger partial charge in [-0.15, -0.1) is 0 Å². The van der Waals surface area contributed by atoms with Crippen LogP contribution in [0.5, 0.6) is 0 Å². The molecule has 1 fully saturated rings. The summed E-state index contributed by atoms with van der Waals surface area (Å²) in [7, 11) is -4.03. The quantitative estimate of drug-likeness (QED) is 0.691. The van der Waals surface area contributed by atoms with Crippen molar-refractivity contribution in [2.24, 2.45) is 0 Å². The number of sulfonamides is 1. The summed E-state index contributed by atoms with van der Waals surface area (Å²) in [4.78, 5) is 11.7. The number of amides is 1. The van der Waals surface area contributed by atoms with Crippen LogP contribution in [-0.4, -0.2) is 44.9 Å². The van der Waals surface area contributed by atoms with Crippen molar-refractivity contribution >= 4 is 50.9 Å². The zero-order valence-electron chi connectivity index (χ0n) is 15.1. The molecule has 1 aliphatic heterocycles. The van der Waals surface area contributed by atoms with Gasteiger partial charge in [0.05, 0.1) is 23.3 Å². The predicted molar refractivity (Wildman–Crippen MR) is 110 cm³/mol. The van der Waals surface area contributed by atoms with Gasteiger partial charge in [0.15, 0.2) is 0 Å². The van der Waals surface area contributed by atoms with E-state index in [9.17, 15) is 17.6 Å². The molecule has 0 unspecified atom stereocenters. The number of ether oxygens (including phenoxy) is 1. The number of carbonyl (C=O) groups excluding carboxylic acids is 1. The minimum absolute atomic E-state index is 0.144. The third-order valence-corrected chi connectivity index (χ3v) is 6.81. The van der Waals surface area contributed by atoms with Crippen LogP contribution in [0, 0.1) is 5.82 Å². The molecule has 0 aliphatic carbocycles. The molecule has 0 saturated carbocycles. The van der Waals surface area contributed by atoms with E-state index in [1.807, 2.05) is 0 Å². The monoisotopic (exact) mass is 458 g/mol. The number of hydrogen-bond acceptors (Lipinski definition) is 4. The molecule has 0 spiro atoms. The highest BCUT2D eigenvalue weighted by molar-refractivity contribution is 7.89. The Balaban J connectivity index is 1.76. The summed E-state index contributed by atoms with van der Waals surface area (Å²) in [6.45, 7) is 0.781. The molecular formula is C19H17Cl2FN2O4S. The van der Waals surface area contributed by atoms with Crippen molar-refractivity contribution in [3.63, 3.8) is 0 Å². The molecule has 1 N–H and O–H groups in total. The lowest BCUT2D eigenvalue weighted by Crippen LogP contribution is -2.40. The topological polar surface area (TPSA) is 75.7 Å². The highest BCUT2D eigenvalue weighted by Crippen LogP contribution is 2.25. The molecule has 1 saturated heterocycles. The first-order valence-electron chi connectivity index (χ1n) is 8.59. The molecule has 154 valence electrons. The maximum atomic E-state index is 14.2. The molecule has 1 amide bonds.